The summed E-state index contributed by atoms with van der Waals surface area (Å²) in [6, 6.07) is 13.7. The summed E-state index contributed by atoms with van der Waals surface area (Å²) in [6.45, 7) is 1.65. The lowest BCUT2D eigenvalue weighted by Gasteiger charge is -2.23. The van der Waals surface area contributed by atoms with Gasteiger partial charge in [0.05, 0.1) is 37.4 Å². The Kier molecular flexibility index (Phi) is 7.72. The number of pyridine rings is 1. The Labute approximate surface area is 197 Å². The van der Waals surface area contributed by atoms with Crippen molar-refractivity contribution in [3.63, 3.8) is 0 Å². The quantitative estimate of drug-likeness (QED) is 0.280. The Morgan fingerprint density at radius 3 is 2.70 bits per heavy atom. The number of fused-ring (bicyclic) bond motifs is 1. The minimum Gasteiger partial charge on any atom is -0.497 e. The maximum Gasteiger partial charge on any atom is 0.260 e. The molecule has 174 valence electrons. The number of anilines is 1. The number of carbonyl (C=O) groups is 1. The number of benzene rings is 2. The molecule has 0 saturated heterocycles. The maximum atomic E-state index is 12.5. The summed E-state index contributed by atoms with van der Waals surface area (Å²) in [4.78, 5) is 16.8. The summed E-state index contributed by atoms with van der Waals surface area (Å²) in [6.07, 6.45) is 2.36. The van der Waals surface area contributed by atoms with E-state index in [1.165, 1.54) is 6.21 Å². The monoisotopic (exact) mass is 490 g/mol. The minimum atomic E-state index is -3.77. The average molecular weight is 491 g/mol. The van der Waals surface area contributed by atoms with E-state index in [1.54, 1.807) is 56.5 Å². The van der Waals surface area contributed by atoms with E-state index in [2.05, 4.69) is 15.5 Å². The summed E-state index contributed by atoms with van der Waals surface area (Å²) >= 11 is 6.23. The van der Waals surface area contributed by atoms with Gasteiger partial charge in [0, 0.05) is 17.0 Å². The predicted molar refractivity (Wildman–Crippen MR) is 129 cm³/mol. The van der Waals surface area contributed by atoms with E-state index in [0.717, 1.165) is 15.9 Å². The molecule has 1 N–H and O–H groups in total. The van der Waals surface area contributed by atoms with E-state index in [1.807, 2.05) is 6.07 Å². The van der Waals surface area contributed by atoms with Crippen LogP contribution in [0.4, 0.5) is 5.69 Å². The first-order chi connectivity index (χ1) is 15.7. The number of para-hydroxylation sites is 2. The number of nitrogens with zero attached hydrogens (tertiary/aromatic N) is 3. The molecule has 11 heteroatoms. The lowest BCUT2D eigenvalue weighted by atomic mass is 10.1. The molecule has 3 rings (SSSR count). The number of amides is 1. The number of methoxy groups -OCH3 is 1. The molecular weight excluding hydrogens is 468 g/mol. The van der Waals surface area contributed by atoms with Crippen LogP contribution >= 0.6 is 11.6 Å². The van der Waals surface area contributed by atoms with E-state index in [4.69, 9.17) is 21.1 Å². The molecule has 0 radical (unpaired) electrons. The molecule has 0 aliphatic heterocycles. The van der Waals surface area contributed by atoms with Crippen LogP contribution in [0.1, 0.15) is 12.5 Å². The van der Waals surface area contributed by atoms with Crippen molar-refractivity contribution in [2.45, 2.75) is 6.92 Å². The first-order valence-corrected chi connectivity index (χ1v) is 12.1. The number of carbonyl (C=O) groups excluding carboxylic acids is 1. The average Bonchev–Trinajstić information content (AvgIpc) is 2.77. The van der Waals surface area contributed by atoms with Gasteiger partial charge in [-0.05, 0) is 37.3 Å². The molecular formula is C22H23ClN4O5S. The summed E-state index contributed by atoms with van der Waals surface area (Å²) in [5, 5.41) is 4.90. The van der Waals surface area contributed by atoms with Crippen molar-refractivity contribution >= 4 is 50.3 Å². The molecule has 0 spiro atoms. The highest BCUT2D eigenvalue weighted by Crippen LogP contribution is 2.29. The summed E-state index contributed by atoms with van der Waals surface area (Å²) in [5.41, 5.74) is 3.72. The number of ether oxygens (including phenoxy) is 2. The number of sulfonamides is 1. The van der Waals surface area contributed by atoms with Crippen LogP contribution < -0.4 is 19.2 Å². The molecule has 0 aliphatic rings. The smallest absolute Gasteiger partial charge is 0.260 e. The van der Waals surface area contributed by atoms with Crippen molar-refractivity contribution in [3.05, 3.63) is 59.2 Å². The van der Waals surface area contributed by atoms with Gasteiger partial charge in [0.25, 0.3) is 5.91 Å². The van der Waals surface area contributed by atoms with Crippen molar-refractivity contribution < 1.29 is 22.7 Å². The Morgan fingerprint density at radius 2 is 2.00 bits per heavy atom. The molecule has 2 aromatic carbocycles. The molecule has 1 aromatic heterocycles. The highest BCUT2D eigenvalue weighted by Gasteiger charge is 2.23. The number of hydrogen-bond donors (Lipinski definition) is 1. The van der Waals surface area contributed by atoms with E-state index in [-0.39, 0.29) is 10.8 Å². The van der Waals surface area contributed by atoms with E-state index in [0.29, 0.717) is 29.2 Å². The molecule has 0 saturated carbocycles. The van der Waals surface area contributed by atoms with Gasteiger partial charge in [-0.2, -0.15) is 5.10 Å². The highest BCUT2D eigenvalue weighted by molar-refractivity contribution is 7.92. The zero-order valence-electron chi connectivity index (χ0n) is 18.3. The van der Waals surface area contributed by atoms with Crippen LogP contribution in [0.2, 0.25) is 5.15 Å². The van der Waals surface area contributed by atoms with Gasteiger partial charge in [0.15, 0.2) is 0 Å². The maximum absolute atomic E-state index is 12.5. The zero-order valence-corrected chi connectivity index (χ0v) is 19.9. The third-order valence-electron chi connectivity index (χ3n) is 4.52. The van der Waals surface area contributed by atoms with Crippen LogP contribution in [0.3, 0.4) is 0 Å². The van der Waals surface area contributed by atoms with Gasteiger partial charge in [-0.15, -0.1) is 0 Å². The Balaban J connectivity index is 1.76. The SMILES string of the molecule is CCOc1ccccc1N(CC(=O)N/N=C\c1cc2ccc(OC)cc2nc1Cl)S(C)(=O)=O. The van der Waals surface area contributed by atoms with Crippen molar-refractivity contribution in [1.82, 2.24) is 10.4 Å². The largest absolute Gasteiger partial charge is 0.497 e. The minimum absolute atomic E-state index is 0.192. The van der Waals surface area contributed by atoms with Crippen LogP contribution in [-0.4, -0.2) is 52.0 Å². The summed E-state index contributed by atoms with van der Waals surface area (Å²) < 4.78 is 36.3. The van der Waals surface area contributed by atoms with Crippen LogP contribution in [-0.2, 0) is 14.8 Å². The molecule has 9 nitrogen and oxygen atoms in total. The van der Waals surface area contributed by atoms with Crippen LogP contribution in [0.15, 0.2) is 53.6 Å². The number of rotatable bonds is 9. The Hall–Kier alpha value is -3.37. The lowest BCUT2D eigenvalue weighted by Crippen LogP contribution is -2.39. The van der Waals surface area contributed by atoms with E-state index < -0.39 is 22.5 Å². The third-order valence-corrected chi connectivity index (χ3v) is 5.95. The van der Waals surface area contributed by atoms with E-state index in [9.17, 15) is 13.2 Å². The second-order valence-corrected chi connectivity index (χ2v) is 9.16. The molecule has 0 fully saturated rings. The molecule has 1 heterocycles. The Bertz CT molecular complexity index is 1300. The third kappa shape index (κ3) is 6.11. The van der Waals surface area contributed by atoms with Crippen molar-refractivity contribution in [2.75, 3.05) is 30.8 Å². The number of hydrazone groups is 1. The number of nitrogens with one attached hydrogen (secondary N) is 1. The second-order valence-electron chi connectivity index (χ2n) is 6.89. The summed E-state index contributed by atoms with van der Waals surface area (Å²) in [7, 11) is -2.21. The van der Waals surface area contributed by atoms with Gasteiger partial charge in [-0.25, -0.2) is 18.8 Å². The first-order valence-electron chi connectivity index (χ1n) is 9.88. The standard InChI is InChI=1S/C22H23ClN4O5S/c1-4-32-20-8-6-5-7-19(20)27(33(3,29)30)14-21(28)26-24-13-16-11-15-9-10-17(31-2)12-18(15)25-22(16)23/h5-13H,4,14H2,1-3H3,(H,26,28)/b24-13-. The number of aromatic nitrogens is 1. The number of halogens is 1. The highest BCUT2D eigenvalue weighted by atomic mass is 35.5. The van der Waals surface area contributed by atoms with Crippen LogP contribution in [0.25, 0.3) is 10.9 Å². The van der Waals surface area contributed by atoms with Crippen molar-refractivity contribution in [1.29, 1.82) is 0 Å². The van der Waals surface area contributed by atoms with Crippen LogP contribution in [0.5, 0.6) is 11.5 Å². The molecule has 1 amide bonds. The molecule has 0 bridgehead atoms. The Morgan fingerprint density at radius 1 is 1.24 bits per heavy atom. The zero-order chi connectivity index (χ0) is 24.0. The fourth-order valence-electron chi connectivity index (χ4n) is 3.02. The summed E-state index contributed by atoms with van der Waals surface area (Å²) in [5.74, 6) is 0.367. The molecule has 0 aliphatic carbocycles. The first kappa shape index (κ1) is 24.3. The molecule has 0 unspecified atom stereocenters. The number of hydrogen-bond acceptors (Lipinski definition) is 7. The lowest BCUT2D eigenvalue weighted by molar-refractivity contribution is -0.119. The fourth-order valence-corrected chi connectivity index (χ4v) is 4.07. The second kappa shape index (κ2) is 10.5. The van der Waals surface area contributed by atoms with Gasteiger partial charge >= 0.3 is 0 Å². The van der Waals surface area contributed by atoms with Crippen molar-refractivity contribution in [3.8, 4) is 11.5 Å². The topological polar surface area (TPSA) is 110 Å². The van der Waals surface area contributed by atoms with Crippen molar-refractivity contribution in [2.24, 2.45) is 5.10 Å². The van der Waals surface area contributed by atoms with Gasteiger partial charge in [-0.3, -0.25) is 9.10 Å². The molecule has 3 aromatic rings. The predicted octanol–water partition coefficient (Wildman–Crippen LogP) is 3.21. The van der Waals surface area contributed by atoms with Gasteiger partial charge in [0.2, 0.25) is 10.0 Å². The van der Waals surface area contributed by atoms with Gasteiger partial charge < -0.3 is 9.47 Å². The normalized spacial score (nSPS) is 11.5. The molecule has 33 heavy (non-hydrogen) atoms. The van der Waals surface area contributed by atoms with Gasteiger partial charge in [0.1, 0.15) is 23.2 Å². The molecule has 0 atom stereocenters. The fraction of sp³-hybridized carbons (Fsp3) is 0.227. The van der Waals surface area contributed by atoms with E-state index >= 15 is 0 Å². The van der Waals surface area contributed by atoms with Gasteiger partial charge in [-0.1, -0.05) is 23.7 Å². The van der Waals surface area contributed by atoms with Crippen LogP contribution in [0, 0.1) is 0 Å².